The third-order valence-electron chi connectivity index (χ3n) is 1.65. The first-order valence-corrected chi connectivity index (χ1v) is 5.02. The molecule has 1 atom stereocenters. The summed E-state index contributed by atoms with van der Waals surface area (Å²) < 4.78 is 4.90. The van der Waals surface area contributed by atoms with Gasteiger partial charge in [0, 0.05) is 9.75 Å². The highest BCUT2D eigenvalue weighted by Gasteiger charge is 2.08. The van der Waals surface area contributed by atoms with Gasteiger partial charge < -0.3 is 15.6 Å². The molecule has 4 nitrogen and oxygen atoms in total. The average Bonchev–Trinajstić information content (AvgIpc) is 2.51. The van der Waals surface area contributed by atoms with Crippen LogP contribution in [-0.2, 0) is 9.53 Å². The zero-order valence-electron chi connectivity index (χ0n) is 7.90. The second kappa shape index (κ2) is 5.09. The summed E-state index contributed by atoms with van der Waals surface area (Å²) in [7, 11) is 0. The second-order valence-electron chi connectivity index (χ2n) is 2.96. The lowest BCUT2D eigenvalue weighted by Gasteiger charge is -2.08. The Balaban J connectivity index is 2.35. The van der Waals surface area contributed by atoms with Gasteiger partial charge in [0.05, 0.1) is 12.6 Å². The van der Waals surface area contributed by atoms with Crippen molar-refractivity contribution in [3.63, 3.8) is 0 Å². The number of hydrogen-bond acceptors (Lipinski definition) is 4. The fraction of sp³-hybridized carbons (Fsp3) is 0.444. The Hall–Kier alpha value is -0.910. The maximum Gasteiger partial charge on any atom is 0.329 e. The second-order valence-corrected chi connectivity index (χ2v) is 4.28. The summed E-state index contributed by atoms with van der Waals surface area (Å²) >= 11 is 1.60. The summed E-state index contributed by atoms with van der Waals surface area (Å²) in [6, 6.07) is 3.69. The van der Waals surface area contributed by atoms with Crippen LogP contribution in [0, 0.1) is 6.92 Å². The van der Waals surface area contributed by atoms with E-state index in [0.717, 1.165) is 4.88 Å². The zero-order valence-corrected chi connectivity index (χ0v) is 8.71. The van der Waals surface area contributed by atoms with E-state index in [0.29, 0.717) is 0 Å². The van der Waals surface area contributed by atoms with E-state index in [1.807, 2.05) is 19.1 Å². The van der Waals surface area contributed by atoms with Gasteiger partial charge in [-0.3, -0.25) is 0 Å². The number of nitrogens with two attached hydrogens (primary N) is 1. The summed E-state index contributed by atoms with van der Waals surface area (Å²) in [5.41, 5.74) is 5.79. The molecule has 0 aliphatic rings. The largest absolute Gasteiger partial charge is 0.480 e. The molecule has 0 aliphatic carbocycles. The van der Waals surface area contributed by atoms with Gasteiger partial charge in [0.1, 0.15) is 6.61 Å². The molecule has 1 aromatic rings. The molecule has 0 saturated heterocycles. The Labute approximate surface area is 86.3 Å². The molecule has 0 fully saturated rings. The summed E-state index contributed by atoms with van der Waals surface area (Å²) in [5, 5.41) is 8.34. The molecule has 0 aromatic carbocycles. The third-order valence-corrected chi connectivity index (χ3v) is 2.78. The molecular formula is C9H13NO3S. The van der Waals surface area contributed by atoms with Gasteiger partial charge in [0.25, 0.3) is 0 Å². The number of carbonyl (C=O) groups is 1. The van der Waals surface area contributed by atoms with E-state index in [2.05, 4.69) is 0 Å². The monoisotopic (exact) mass is 215 g/mol. The van der Waals surface area contributed by atoms with E-state index >= 15 is 0 Å². The number of carboxylic acid groups (broad SMARTS) is 1. The Morgan fingerprint density at radius 1 is 1.71 bits per heavy atom. The van der Waals surface area contributed by atoms with Gasteiger partial charge in [-0.05, 0) is 19.1 Å². The normalized spacial score (nSPS) is 12.7. The van der Waals surface area contributed by atoms with Crippen LogP contribution >= 0.6 is 11.3 Å². The van der Waals surface area contributed by atoms with Crippen LogP contribution in [0.2, 0.25) is 0 Å². The predicted octanol–water partition coefficient (Wildman–Crippen LogP) is 1.16. The van der Waals surface area contributed by atoms with E-state index in [4.69, 9.17) is 15.6 Å². The fourth-order valence-electron chi connectivity index (χ4n) is 1.01. The van der Waals surface area contributed by atoms with Gasteiger partial charge in [-0.15, -0.1) is 11.3 Å². The minimum absolute atomic E-state index is 0.229. The Bertz CT molecular complexity index is 311. The molecule has 5 heteroatoms. The molecule has 0 amide bonds. The van der Waals surface area contributed by atoms with E-state index in [9.17, 15) is 4.79 Å². The molecule has 1 rings (SSSR count). The topological polar surface area (TPSA) is 72.5 Å². The van der Waals surface area contributed by atoms with Crippen molar-refractivity contribution in [2.75, 3.05) is 13.2 Å². The minimum Gasteiger partial charge on any atom is -0.480 e. The van der Waals surface area contributed by atoms with Gasteiger partial charge in [-0.1, -0.05) is 0 Å². The Kier molecular flexibility index (Phi) is 4.06. The van der Waals surface area contributed by atoms with Crippen LogP contribution in [0.3, 0.4) is 0 Å². The molecular weight excluding hydrogens is 202 g/mol. The zero-order chi connectivity index (χ0) is 10.6. The average molecular weight is 215 g/mol. The maximum absolute atomic E-state index is 10.2. The highest BCUT2D eigenvalue weighted by Crippen LogP contribution is 2.20. The van der Waals surface area contributed by atoms with Crippen molar-refractivity contribution >= 4 is 17.3 Å². The van der Waals surface area contributed by atoms with Crippen molar-refractivity contribution in [3.05, 3.63) is 21.9 Å². The minimum atomic E-state index is -0.973. The summed E-state index contributed by atoms with van der Waals surface area (Å²) in [6.07, 6.45) is 0. The molecule has 14 heavy (non-hydrogen) atoms. The van der Waals surface area contributed by atoms with Crippen molar-refractivity contribution in [1.29, 1.82) is 0 Å². The summed E-state index contributed by atoms with van der Waals surface area (Å²) in [6.45, 7) is 1.95. The first kappa shape index (κ1) is 11.2. The Morgan fingerprint density at radius 3 is 2.93 bits per heavy atom. The highest BCUT2D eigenvalue weighted by molar-refractivity contribution is 7.12. The molecule has 0 radical (unpaired) electrons. The SMILES string of the molecule is Cc1ccc(C(N)COCC(=O)O)s1. The molecule has 78 valence electrons. The number of thiophene rings is 1. The molecule has 1 heterocycles. The van der Waals surface area contributed by atoms with Crippen LogP contribution in [0.1, 0.15) is 15.8 Å². The van der Waals surface area contributed by atoms with Gasteiger partial charge in [-0.2, -0.15) is 0 Å². The van der Waals surface area contributed by atoms with E-state index in [1.54, 1.807) is 11.3 Å². The number of aryl methyl sites for hydroxylation is 1. The van der Waals surface area contributed by atoms with Crippen LogP contribution in [0.25, 0.3) is 0 Å². The lowest BCUT2D eigenvalue weighted by Crippen LogP contribution is -2.18. The van der Waals surface area contributed by atoms with Gasteiger partial charge in [0.15, 0.2) is 0 Å². The van der Waals surface area contributed by atoms with Crippen LogP contribution < -0.4 is 5.73 Å². The number of carboxylic acids is 1. The molecule has 1 aromatic heterocycles. The molecule has 0 saturated carbocycles. The predicted molar refractivity (Wildman–Crippen MR) is 54.4 cm³/mol. The molecule has 0 aliphatic heterocycles. The summed E-state index contributed by atoms with van der Waals surface area (Å²) in [4.78, 5) is 12.4. The van der Waals surface area contributed by atoms with Crippen molar-refractivity contribution in [2.45, 2.75) is 13.0 Å². The first-order chi connectivity index (χ1) is 6.59. The van der Waals surface area contributed by atoms with E-state index in [1.165, 1.54) is 4.88 Å². The van der Waals surface area contributed by atoms with Crippen molar-refractivity contribution in [2.24, 2.45) is 5.73 Å². The van der Waals surface area contributed by atoms with E-state index in [-0.39, 0.29) is 19.3 Å². The van der Waals surface area contributed by atoms with Gasteiger partial charge in [-0.25, -0.2) is 4.79 Å². The van der Waals surface area contributed by atoms with Gasteiger partial charge >= 0.3 is 5.97 Å². The lowest BCUT2D eigenvalue weighted by atomic mass is 10.3. The van der Waals surface area contributed by atoms with Crippen LogP contribution in [0.4, 0.5) is 0 Å². The number of ether oxygens (including phenoxy) is 1. The smallest absolute Gasteiger partial charge is 0.329 e. The number of rotatable bonds is 5. The summed E-state index contributed by atoms with van der Waals surface area (Å²) in [5.74, 6) is -0.973. The molecule has 3 N–H and O–H groups in total. The lowest BCUT2D eigenvalue weighted by molar-refractivity contribution is -0.142. The van der Waals surface area contributed by atoms with Crippen molar-refractivity contribution in [1.82, 2.24) is 0 Å². The maximum atomic E-state index is 10.2. The quantitative estimate of drug-likeness (QED) is 0.773. The van der Waals surface area contributed by atoms with Crippen LogP contribution in [0.15, 0.2) is 12.1 Å². The van der Waals surface area contributed by atoms with E-state index < -0.39 is 5.97 Å². The van der Waals surface area contributed by atoms with Crippen LogP contribution in [0.5, 0.6) is 0 Å². The van der Waals surface area contributed by atoms with Gasteiger partial charge in [0.2, 0.25) is 0 Å². The number of aliphatic carboxylic acids is 1. The highest BCUT2D eigenvalue weighted by atomic mass is 32.1. The molecule has 1 unspecified atom stereocenters. The Morgan fingerprint density at radius 2 is 2.43 bits per heavy atom. The number of hydrogen-bond donors (Lipinski definition) is 2. The molecule has 0 bridgehead atoms. The first-order valence-electron chi connectivity index (χ1n) is 4.21. The standard InChI is InChI=1S/C9H13NO3S/c1-6-2-3-8(14-6)7(10)4-13-5-9(11)12/h2-3,7H,4-5,10H2,1H3,(H,11,12). The molecule has 0 spiro atoms. The fourth-order valence-corrected chi connectivity index (χ4v) is 1.87. The van der Waals surface area contributed by atoms with Crippen LogP contribution in [-0.4, -0.2) is 24.3 Å². The van der Waals surface area contributed by atoms with Crippen molar-refractivity contribution < 1.29 is 14.6 Å². The third kappa shape index (κ3) is 3.45. The van der Waals surface area contributed by atoms with Crippen molar-refractivity contribution in [3.8, 4) is 0 Å².